The summed E-state index contributed by atoms with van der Waals surface area (Å²) < 4.78 is 18.6. The molecular weight excluding hydrogens is 295 g/mol. The SMILES string of the molecule is Cc1ccc(F)cc1CNCC(NC(=O)OC(C)(C)C)C(C)C. The number of hydrogen-bond donors (Lipinski definition) is 2. The molecule has 1 amide bonds. The third kappa shape index (κ3) is 7.46. The van der Waals surface area contributed by atoms with Crippen molar-refractivity contribution in [2.75, 3.05) is 6.54 Å². The number of benzene rings is 1. The molecule has 0 spiro atoms. The Kier molecular flexibility index (Phi) is 7.01. The molecule has 5 heteroatoms. The van der Waals surface area contributed by atoms with Crippen molar-refractivity contribution < 1.29 is 13.9 Å². The zero-order valence-electron chi connectivity index (χ0n) is 15.0. The Morgan fingerprint density at radius 1 is 1.30 bits per heavy atom. The summed E-state index contributed by atoms with van der Waals surface area (Å²) in [5.41, 5.74) is 1.45. The van der Waals surface area contributed by atoms with Crippen LogP contribution in [0.1, 0.15) is 45.7 Å². The van der Waals surface area contributed by atoms with Gasteiger partial charge in [0.25, 0.3) is 0 Å². The molecule has 0 radical (unpaired) electrons. The first kappa shape index (κ1) is 19.4. The summed E-state index contributed by atoms with van der Waals surface area (Å²) >= 11 is 0. The van der Waals surface area contributed by atoms with Crippen LogP contribution in [0.25, 0.3) is 0 Å². The molecular formula is C18H29FN2O2. The van der Waals surface area contributed by atoms with E-state index in [2.05, 4.69) is 10.6 Å². The molecule has 0 aliphatic heterocycles. The van der Waals surface area contributed by atoms with Gasteiger partial charge in [-0.05, 0) is 56.9 Å². The predicted octanol–water partition coefficient (Wildman–Crippen LogP) is 3.77. The van der Waals surface area contributed by atoms with Crippen LogP contribution in [0.15, 0.2) is 18.2 Å². The van der Waals surface area contributed by atoms with Crippen molar-refractivity contribution in [1.82, 2.24) is 10.6 Å². The average molecular weight is 324 g/mol. The van der Waals surface area contributed by atoms with Crippen LogP contribution in [0.2, 0.25) is 0 Å². The van der Waals surface area contributed by atoms with Gasteiger partial charge in [-0.2, -0.15) is 0 Å². The van der Waals surface area contributed by atoms with E-state index < -0.39 is 11.7 Å². The van der Waals surface area contributed by atoms with E-state index in [4.69, 9.17) is 4.74 Å². The molecule has 130 valence electrons. The van der Waals surface area contributed by atoms with Gasteiger partial charge >= 0.3 is 6.09 Å². The van der Waals surface area contributed by atoms with E-state index in [-0.39, 0.29) is 17.8 Å². The summed E-state index contributed by atoms with van der Waals surface area (Å²) in [5.74, 6) is 0.0170. The minimum atomic E-state index is -0.516. The fraction of sp³-hybridized carbons (Fsp3) is 0.611. The number of amides is 1. The Bertz CT molecular complexity index is 524. The first-order valence-corrected chi connectivity index (χ1v) is 8.04. The number of rotatable bonds is 6. The zero-order valence-corrected chi connectivity index (χ0v) is 15.0. The van der Waals surface area contributed by atoms with E-state index in [1.54, 1.807) is 6.07 Å². The molecule has 1 unspecified atom stereocenters. The topological polar surface area (TPSA) is 50.4 Å². The van der Waals surface area contributed by atoms with Crippen molar-refractivity contribution in [3.63, 3.8) is 0 Å². The zero-order chi connectivity index (χ0) is 17.6. The first-order valence-electron chi connectivity index (χ1n) is 8.04. The maximum absolute atomic E-state index is 13.3. The van der Waals surface area contributed by atoms with E-state index in [9.17, 15) is 9.18 Å². The van der Waals surface area contributed by atoms with Crippen LogP contribution in [0.4, 0.5) is 9.18 Å². The number of carbonyl (C=O) groups excluding carboxylic acids is 1. The Balaban J connectivity index is 2.53. The second-order valence-corrected chi connectivity index (χ2v) is 7.20. The van der Waals surface area contributed by atoms with Gasteiger partial charge in [0, 0.05) is 19.1 Å². The Morgan fingerprint density at radius 3 is 2.52 bits per heavy atom. The van der Waals surface area contributed by atoms with Crippen molar-refractivity contribution in [3.8, 4) is 0 Å². The molecule has 0 bridgehead atoms. The molecule has 0 saturated carbocycles. The number of ether oxygens (including phenoxy) is 1. The highest BCUT2D eigenvalue weighted by Crippen LogP contribution is 2.11. The molecule has 0 heterocycles. The molecule has 0 aliphatic carbocycles. The van der Waals surface area contributed by atoms with Gasteiger partial charge in [-0.25, -0.2) is 9.18 Å². The lowest BCUT2D eigenvalue weighted by atomic mass is 10.0. The van der Waals surface area contributed by atoms with Gasteiger partial charge in [0.05, 0.1) is 0 Å². The highest BCUT2D eigenvalue weighted by molar-refractivity contribution is 5.68. The maximum Gasteiger partial charge on any atom is 0.407 e. The van der Waals surface area contributed by atoms with E-state index in [0.29, 0.717) is 13.1 Å². The van der Waals surface area contributed by atoms with Crippen molar-refractivity contribution in [1.29, 1.82) is 0 Å². The standard InChI is InChI=1S/C18H29FN2O2/c1-12(2)16(21-17(22)23-18(4,5)6)11-20-10-14-9-15(19)8-7-13(14)3/h7-9,12,16,20H,10-11H2,1-6H3,(H,21,22). The summed E-state index contributed by atoms with van der Waals surface area (Å²) in [6, 6.07) is 4.71. The van der Waals surface area contributed by atoms with Crippen LogP contribution in [0, 0.1) is 18.7 Å². The molecule has 0 saturated heterocycles. The first-order chi connectivity index (χ1) is 10.6. The van der Waals surface area contributed by atoms with Gasteiger partial charge < -0.3 is 15.4 Å². The predicted molar refractivity (Wildman–Crippen MR) is 90.8 cm³/mol. The Hall–Kier alpha value is -1.62. The third-order valence-corrected chi connectivity index (χ3v) is 3.50. The second-order valence-electron chi connectivity index (χ2n) is 7.20. The summed E-state index contributed by atoms with van der Waals surface area (Å²) in [6.45, 7) is 12.7. The molecule has 1 aromatic carbocycles. The number of halogens is 1. The molecule has 1 atom stereocenters. The summed E-state index contributed by atoms with van der Waals surface area (Å²) in [4.78, 5) is 11.9. The summed E-state index contributed by atoms with van der Waals surface area (Å²) in [5, 5.41) is 6.17. The van der Waals surface area contributed by atoms with Crippen LogP contribution in [0.5, 0.6) is 0 Å². The average Bonchev–Trinajstić information content (AvgIpc) is 2.39. The minimum Gasteiger partial charge on any atom is -0.444 e. The van der Waals surface area contributed by atoms with Gasteiger partial charge in [0.1, 0.15) is 11.4 Å². The molecule has 1 aromatic rings. The fourth-order valence-electron chi connectivity index (χ4n) is 2.11. The lowest BCUT2D eigenvalue weighted by molar-refractivity contribution is 0.0490. The lowest BCUT2D eigenvalue weighted by Gasteiger charge is -2.26. The quantitative estimate of drug-likeness (QED) is 0.837. The molecule has 0 fully saturated rings. The number of hydrogen-bond acceptors (Lipinski definition) is 3. The van der Waals surface area contributed by atoms with Gasteiger partial charge in [-0.3, -0.25) is 0 Å². The van der Waals surface area contributed by atoms with Crippen molar-refractivity contribution in [2.24, 2.45) is 5.92 Å². The number of carbonyl (C=O) groups is 1. The van der Waals surface area contributed by atoms with Crippen molar-refractivity contribution >= 4 is 6.09 Å². The molecule has 0 aromatic heterocycles. The van der Waals surface area contributed by atoms with Crippen LogP contribution in [-0.4, -0.2) is 24.3 Å². The smallest absolute Gasteiger partial charge is 0.407 e. The Morgan fingerprint density at radius 2 is 1.96 bits per heavy atom. The van der Waals surface area contributed by atoms with Crippen molar-refractivity contribution in [2.45, 2.75) is 59.7 Å². The number of alkyl carbamates (subject to hydrolysis) is 1. The normalized spacial score (nSPS) is 13.0. The molecule has 2 N–H and O–H groups in total. The lowest BCUT2D eigenvalue weighted by Crippen LogP contribution is -2.47. The highest BCUT2D eigenvalue weighted by atomic mass is 19.1. The van der Waals surface area contributed by atoms with Crippen molar-refractivity contribution in [3.05, 3.63) is 35.1 Å². The summed E-state index contributed by atoms with van der Waals surface area (Å²) in [7, 11) is 0. The molecule has 4 nitrogen and oxygen atoms in total. The third-order valence-electron chi connectivity index (χ3n) is 3.50. The van der Waals surface area contributed by atoms with Crippen LogP contribution in [0.3, 0.4) is 0 Å². The van der Waals surface area contributed by atoms with Gasteiger partial charge in [0.2, 0.25) is 0 Å². The number of aryl methyl sites for hydroxylation is 1. The van der Waals surface area contributed by atoms with E-state index in [0.717, 1.165) is 11.1 Å². The van der Waals surface area contributed by atoms with Crippen LogP contribution < -0.4 is 10.6 Å². The van der Waals surface area contributed by atoms with Gasteiger partial charge in [0.15, 0.2) is 0 Å². The van der Waals surface area contributed by atoms with Gasteiger partial charge in [-0.15, -0.1) is 0 Å². The maximum atomic E-state index is 13.3. The molecule has 0 aliphatic rings. The van der Waals surface area contributed by atoms with Gasteiger partial charge in [-0.1, -0.05) is 19.9 Å². The molecule has 1 rings (SSSR count). The van der Waals surface area contributed by atoms with Crippen LogP contribution >= 0.6 is 0 Å². The Labute approximate surface area is 138 Å². The van der Waals surface area contributed by atoms with E-state index in [1.807, 2.05) is 41.5 Å². The monoisotopic (exact) mass is 324 g/mol. The fourth-order valence-corrected chi connectivity index (χ4v) is 2.11. The largest absolute Gasteiger partial charge is 0.444 e. The van der Waals surface area contributed by atoms with E-state index >= 15 is 0 Å². The number of nitrogens with one attached hydrogen (secondary N) is 2. The minimum absolute atomic E-state index is 0.0567. The second kappa shape index (κ2) is 8.29. The van der Waals surface area contributed by atoms with E-state index in [1.165, 1.54) is 12.1 Å². The molecule has 23 heavy (non-hydrogen) atoms. The van der Waals surface area contributed by atoms with Crippen LogP contribution in [-0.2, 0) is 11.3 Å². The summed E-state index contributed by atoms with van der Waals surface area (Å²) in [6.07, 6.45) is -0.417. The highest BCUT2D eigenvalue weighted by Gasteiger charge is 2.21.